The molecule has 1 fully saturated rings. The molecular formula is C14H20N4O3. The third-order valence-corrected chi connectivity index (χ3v) is 3.01. The number of rotatable bonds is 2. The van der Waals surface area contributed by atoms with Gasteiger partial charge in [0.15, 0.2) is 5.82 Å². The van der Waals surface area contributed by atoms with Crippen molar-refractivity contribution in [3.63, 3.8) is 0 Å². The molecule has 0 saturated carbocycles. The quantitative estimate of drug-likeness (QED) is 0.898. The number of aromatic nitrogens is 2. The number of anilines is 1. The van der Waals surface area contributed by atoms with Crippen molar-refractivity contribution in [3.8, 4) is 0 Å². The van der Waals surface area contributed by atoms with Crippen molar-refractivity contribution < 1.29 is 14.3 Å². The van der Waals surface area contributed by atoms with Gasteiger partial charge >= 0.3 is 6.09 Å². The molecule has 1 aliphatic heterocycles. The van der Waals surface area contributed by atoms with Gasteiger partial charge in [0.1, 0.15) is 11.6 Å². The van der Waals surface area contributed by atoms with Crippen molar-refractivity contribution in [1.82, 2.24) is 15.1 Å². The summed E-state index contributed by atoms with van der Waals surface area (Å²) in [6.07, 6.45) is 2.46. The number of carbonyl (C=O) groups is 2. The van der Waals surface area contributed by atoms with E-state index in [1.165, 1.54) is 11.1 Å². The van der Waals surface area contributed by atoms with E-state index in [4.69, 9.17) is 4.74 Å². The van der Waals surface area contributed by atoms with Crippen LogP contribution in [0.15, 0.2) is 18.3 Å². The van der Waals surface area contributed by atoms with Gasteiger partial charge in [-0.25, -0.2) is 4.79 Å². The minimum absolute atomic E-state index is 0.265. The summed E-state index contributed by atoms with van der Waals surface area (Å²) >= 11 is 0. The van der Waals surface area contributed by atoms with E-state index in [0.29, 0.717) is 18.8 Å². The maximum Gasteiger partial charge on any atom is 0.410 e. The zero-order valence-corrected chi connectivity index (χ0v) is 12.5. The monoisotopic (exact) mass is 292 g/mol. The van der Waals surface area contributed by atoms with E-state index in [-0.39, 0.29) is 5.91 Å². The lowest BCUT2D eigenvalue weighted by Gasteiger charge is -2.27. The normalized spacial score (nSPS) is 18.4. The molecule has 0 aliphatic carbocycles. The van der Waals surface area contributed by atoms with Crippen LogP contribution in [0, 0.1) is 0 Å². The Morgan fingerprint density at radius 1 is 1.43 bits per heavy atom. The maximum absolute atomic E-state index is 12.3. The minimum atomic E-state index is -0.578. The van der Waals surface area contributed by atoms with Crippen LogP contribution < -0.4 is 5.32 Å². The fourth-order valence-corrected chi connectivity index (χ4v) is 2.16. The predicted octanol–water partition coefficient (Wildman–Crippen LogP) is 1.81. The van der Waals surface area contributed by atoms with Crippen molar-refractivity contribution in [2.75, 3.05) is 11.9 Å². The van der Waals surface area contributed by atoms with Crippen LogP contribution in [-0.2, 0) is 9.53 Å². The van der Waals surface area contributed by atoms with Crippen molar-refractivity contribution in [1.29, 1.82) is 0 Å². The topological polar surface area (TPSA) is 84.4 Å². The molecule has 0 spiro atoms. The molecule has 1 N–H and O–H groups in total. The SMILES string of the molecule is CC(C)(C)OC(=O)N1CCCC1C(=O)Nc1cccnn1. The number of nitrogens with zero attached hydrogens (tertiary/aromatic N) is 3. The fourth-order valence-electron chi connectivity index (χ4n) is 2.16. The van der Waals surface area contributed by atoms with Crippen molar-refractivity contribution >= 4 is 17.8 Å². The lowest BCUT2D eigenvalue weighted by Crippen LogP contribution is -2.45. The first kappa shape index (κ1) is 15.2. The Kier molecular flexibility index (Phi) is 4.40. The second kappa shape index (κ2) is 6.07. The molecule has 1 atom stereocenters. The third-order valence-electron chi connectivity index (χ3n) is 3.01. The van der Waals surface area contributed by atoms with Gasteiger partial charge in [0.05, 0.1) is 0 Å². The molecule has 1 aliphatic rings. The van der Waals surface area contributed by atoms with Gasteiger partial charge in [-0.05, 0) is 45.7 Å². The molecular weight excluding hydrogens is 272 g/mol. The van der Waals surface area contributed by atoms with E-state index in [0.717, 1.165) is 6.42 Å². The van der Waals surface area contributed by atoms with E-state index in [2.05, 4.69) is 15.5 Å². The standard InChI is InChI=1S/C14H20N4O3/c1-14(2,3)21-13(20)18-9-5-6-10(18)12(19)16-11-7-4-8-15-17-11/h4,7-8,10H,5-6,9H2,1-3H3,(H,16,17,19). The summed E-state index contributed by atoms with van der Waals surface area (Å²) in [4.78, 5) is 25.9. The largest absolute Gasteiger partial charge is 0.444 e. The number of nitrogens with one attached hydrogen (secondary N) is 1. The molecule has 2 rings (SSSR count). The van der Waals surface area contributed by atoms with Crippen LogP contribution in [0.1, 0.15) is 33.6 Å². The molecule has 0 aromatic carbocycles. The van der Waals surface area contributed by atoms with E-state index < -0.39 is 17.7 Å². The zero-order chi connectivity index (χ0) is 15.5. The summed E-state index contributed by atoms with van der Waals surface area (Å²) < 4.78 is 5.33. The van der Waals surface area contributed by atoms with Gasteiger partial charge in [-0.1, -0.05) is 0 Å². The van der Waals surface area contributed by atoms with Gasteiger partial charge in [0.2, 0.25) is 5.91 Å². The third kappa shape index (κ3) is 4.14. The van der Waals surface area contributed by atoms with Crippen LogP contribution >= 0.6 is 0 Å². The molecule has 1 aromatic rings. The Hall–Kier alpha value is -2.18. The Bertz CT molecular complexity index is 513. The lowest BCUT2D eigenvalue weighted by atomic mass is 10.2. The lowest BCUT2D eigenvalue weighted by molar-refractivity contribution is -0.120. The predicted molar refractivity (Wildman–Crippen MR) is 76.6 cm³/mol. The van der Waals surface area contributed by atoms with E-state index >= 15 is 0 Å². The van der Waals surface area contributed by atoms with Crippen molar-refractivity contribution in [3.05, 3.63) is 18.3 Å². The second-order valence-corrected chi connectivity index (χ2v) is 5.93. The van der Waals surface area contributed by atoms with Crippen LogP contribution in [-0.4, -0.2) is 45.3 Å². The first-order valence-electron chi connectivity index (χ1n) is 6.95. The number of carbonyl (C=O) groups excluding carboxylic acids is 2. The average Bonchev–Trinajstić information content (AvgIpc) is 2.87. The molecule has 1 aromatic heterocycles. The van der Waals surface area contributed by atoms with Crippen LogP contribution in [0.3, 0.4) is 0 Å². The smallest absolute Gasteiger partial charge is 0.410 e. The fraction of sp³-hybridized carbons (Fsp3) is 0.571. The zero-order valence-electron chi connectivity index (χ0n) is 12.5. The van der Waals surface area contributed by atoms with Gasteiger partial charge in [-0.2, -0.15) is 5.10 Å². The molecule has 1 saturated heterocycles. The molecule has 1 unspecified atom stereocenters. The first-order valence-corrected chi connectivity index (χ1v) is 6.95. The summed E-state index contributed by atoms with van der Waals surface area (Å²) in [5, 5.41) is 10.2. The molecule has 114 valence electrons. The Morgan fingerprint density at radius 3 is 2.81 bits per heavy atom. The summed E-state index contributed by atoms with van der Waals surface area (Å²) in [7, 11) is 0. The molecule has 7 nitrogen and oxygen atoms in total. The maximum atomic E-state index is 12.3. The molecule has 2 heterocycles. The summed E-state index contributed by atoms with van der Waals surface area (Å²) in [5.74, 6) is 0.109. The highest BCUT2D eigenvalue weighted by atomic mass is 16.6. The van der Waals surface area contributed by atoms with Crippen LogP contribution in [0.5, 0.6) is 0 Å². The van der Waals surface area contributed by atoms with Gasteiger partial charge in [0, 0.05) is 12.7 Å². The number of ether oxygens (including phenoxy) is 1. The second-order valence-electron chi connectivity index (χ2n) is 5.93. The summed E-state index contributed by atoms with van der Waals surface area (Å²) in [6.45, 7) is 5.92. The van der Waals surface area contributed by atoms with E-state index in [1.807, 2.05) is 0 Å². The highest BCUT2D eigenvalue weighted by Gasteiger charge is 2.36. The Labute approximate surface area is 123 Å². The van der Waals surface area contributed by atoms with E-state index in [1.54, 1.807) is 32.9 Å². The number of hydrogen-bond acceptors (Lipinski definition) is 5. The van der Waals surface area contributed by atoms with Crippen molar-refractivity contribution in [2.24, 2.45) is 0 Å². The highest BCUT2D eigenvalue weighted by molar-refractivity contribution is 5.96. The summed E-state index contributed by atoms with van der Waals surface area (Å²) in [6, 6.07) is 2.81. The Morgan fingerprint density at radius 2 is 2.19 bits per heavy atom. The van der Waals surface area contributed by atoms with Gasteiger partial charge in [-0.15, -0.1) is 5.10 Å². The van der Waals surface area contributed by atoms with E-state index in [9.17, 15) is 9.59 Å². The molecule has 7 heteroatoms. The minimum Gasteiger partial charge on any atom is -0.444 e. The highest BCUT2D eigenvalue weighted by Crippen LogP contribution is 2.21. The average molecular weight is 292 g/mol. The number of amides is 2. The number of likely N-dealkylation sites (tertiary alicyclic amines) is 1. The van der Waals surface area contributed by atoms with Gasteiger partial charge < -0.3 is 10.1 Å². The van der Waals surface area contributed by atoms with Crippen LogP contribution in [0.4, 0.5) is 10.6 Å². The van der Waals surface area contributed by atoms with Gasteiger partial charge in [0.25, 0.3) is 0 Å². The van der Waals surface area contributed by atoms with Crippen LogP contribution in [0.2, 0.25) is 0 Å². The molecule has 0 bridgehead atoms. The number of hydrogen-bond donors (Lipinski definition) is 1. The molecule has 21 heavy (non-hydrogen) atoms. The molecule has 0 radical (unpaired) electrons. The summed E-state index contributed by atoms with van der Waals surface area (Å²) in [5.41, 5.74) is -0.578. The van der Waals surface area contributed by atoms with Crippen LogP contribution in [0.25, 0.3) is 0 Å². The Balaban J connectivity index is 2.01. The van der Waals surface area contributed by atoms with Gasteiger partial charge in [-0.3, -0.25) is 9.69 Å². The molecule has 2 amide bonds. The first-order chi connectivity index (χ1) is 9.87. The van der Waals surface area contributed by atoms with Crippen molar-refractivity contribution in [2.45, 2.75) is 45.3 Å².